The van der Waals surface area contributed by atoms with Crippen LogP contribution in [0.25, 0.3) is 0 Å². The minimum atomic E-state index is -3.97. The number of aryl methyl sites for hydroxylation is 4. The molecule has 0 atom stereocenters. The Morgan fingerprint density at radius 3 is 2.12 bits per heavy atom. The van der Waals surface area contributed by atoms with Crippen molar-refractivity contribution < 1.29 is 18.3 Å². The van der Waals surface area contributed by atoms with E-state index in [4.69, 9.17) is 0 Å². The zero-order chi connectivity index (χ0) is 24.9. The van der Waals surface area contributed by atoms with Crippen molar-refractivity contribution in [1.82, 2.24) is 9.73 Å². The van der Waals surface area contributed by atoms with E-state index in [0.717, 1.165) is 16.7 Å². The number of benzene rings is 3. The third-order valence-corrected chi connectivity index (χ3v) is 7.40. The Morgan fingerprint density at radius 2 is 1.53 bits per heavy atom. The maximum Gasteiger partial charge on any atom is 0.255 e. The Hall–Kier alpha value is -3.49. The number of nitrogens with one attached hydrogen (secondary N) is 1. The first kappa shape index (κ1) is 25.1. The molecule has 2 N–H and O–H groups in total. The van der Waals surface area contributed by atoms with Crippen LogP contribution in [0.5, 0.6) is 5.75 Å². The largest absolute Gasteiger partial charge is 0.508 e. The third kappa shape index (κ3) is 6.30. The number of hydrogen-bond acceptors (Lipinski definition) is 5. The van der Waals surface area contributed by atoms with Gasteiger partial charge in [0.1, 0.15) is 5.75 Å². The molecule has 0 radical (unpaired) electrons. The third-order valence-electron chi connectivity index (χ3n) is 5.30. The average molecular weight is 480 g/mol. The summed E-state index contributed by atoms with van der Waals surface area (Å²) in [6, 6.07) is 17.5. The van der Waals surface area contributed by atoms with E-state index in [-0.39, 0.29) is 17.2 Å². The fourth-order valence-corrected chi connectivity index (χ4v) is 5.56. The van der Waals surface area contributed by atoms with Crippen molar-refractivity contribution in [2.75, 3.05) is 6.54 Å². The lowest BCUT2D eigenvalue weighted by Crippen LogP contribution is -2.39. The predicted molar refractivity (Wildman–Crippen MR) is 133 cm³/mol. The van der Waals surface area contributed by atoms with E-state index in [1.54, 1.807) is 26.0 Å². The molecule has 3 rings (SSSR count). The first-order valence-corrected chi connectivity index (χ1v) is 12.2. The molecular weight excluding hydrogens is 450 g/mol. The molecule has 1 amide bonds. The molecule has 0 saturated heterocycles. The number of hydrogen-bond donors (Lipinski definition) is 2. The van der Waals surface area contributed by atoms with E-state index in [0.29, 0.717) is 16.7 Å². The van der Waals surface area contributed by atoms with Gasteiger partial charge in [-0.05, 0) is 74.2 Å². The zero-order valence-corrected chi connectivity index (χ0v) is 20.6. The minimum absolute atomic E-state index is 0.0461. The Kier molecular flexibility index (Phi) is 7.86. The molecule has 0 saturated carbocycles. The molecule has 3 aromatic carbocycles. The molecule has 8 heteroatoms. The number of amides is 1. The molecular formula is C26H29N3O4S. The van der Waals surface area contributed by atoms with Crippen molar-refractivity contribution in [3.05, 3.63) is 94.0 Å². The van der Waals surface area contributed by atoms with Crippen molar-refractivity contribution >= 4 is 22.1 Å². The van der Waals surface area contributed by atoms with E-state index in [9.17, 15) is 18.3 Å². The summed E-state index contributed by atoms with van der Waals surface area (Å²) in [6.45, 7) is 7.05. The maximum absolute atomic E-state index is 13.7. The quantitative estimate of drug-likeness (QED) is 0.377. The average Bonchev–Trinajstić information content (AvgIpc) is 2.75. The van der Waals surface area contributed by atoms with Crippen LogP contribution < -0.4 is 5.43 Å². The van der Waals surface area contributed by atoms with Gasteiger partial charge in [0.05, 0.1) is 17.7 Å². The molecule has 0 aliphatic heterocycles. The number of carbonyl (C=O) groups is 1. The summed E-state index contributed by atoms with van der Waals surface area (Å²) in [7, 11) is -3.97. The topological polar surface area (TPSA) is 99.1 Å². The number of phenols is 1. The molecule has 0 spiro atoms. The van der Waals surface area contributed by atoms with E-state index in [2.05, 4.69) is 10.5 Å². The van der Waals surface area contributed by atoms with E-state index < -0.39 is 22.5 Å². The molecule has 3 aromatic rings. The molecule has 0 bridgehead atoms. The zero-order valence-electron chi connectivity index (χ0n) is 19.7. The van der Waals surface area contributed by atoms with Crippen molar-refractivity contribution in [2.24, 2.45) is 5.10 Å². The van der Waals surface area contributed by atoms with Gasteiger partial charge in [-0.15, -0.1) is 0 Å². The fraction of sp³-hybridized carbons (Fsp3) is 0.231. The monoisotopic (exact) mass is 479 g/mol. The lowest BCUT2D eigenvalue weighted by Gasteiger charge is -2.24. The number of carbonyl (C=O) groups excluding carboxylic acids is 1. The summed E-state index contributed by atoms with van der Waals surface area (Å²) in [5.41, 5.74) is 7.15. The molecule has 7 nitrogen and oxygen atoms in total. The Bertz CT molecular complexity index is 1280. The SMILES string of the molecule is Cc1ccc(CN(CC(=O)N/N=C/c2ccc(O)cc2)S(=O)(=O)c2c(C)cc(C)cc2C)cc1. The number of hydrazone groups is 1. The van der Waals surface area contributed by atoms with Crippen LogP contribution in [0.15, 0.2) is 70.7 Å². The molecule has 0 aromatic heterocycles. The molecule has 178 valence electrons. The van der Waals surface area contributed by atoms with Crippen molar-refractivity contribution in [3.63, 3.8) is 0 Å². The van der Waals surface area contributed by atoms with Gasteiger partial charge in [0, 0.05) is 6.54 Å². The van der Waals surface area contributed by atoms with Crippen LogP contribution in [0, 0.1) is 27.7 Å². The van der Waals surface area contributed by atoms with Crippen LogP contribution in [-0.2, 0) is 21.4 Å². The second-order valence-electron chi connectivity index (χ2n) is 8.37. The number of phenolic OH excluding ortho intramolecular Hbond substituents is 1. The van der Waals surface area contributed by atoms with Crippen LogP contribution in [0.3, 0.4) is 0 Å². The first-order chi connectivity index (χ1) is 16.1. The van der Waals surface area contributed by atoms with Crippen molar-refractivity contribution in [3.8, 4) is 5.75 Å². The maximum atomic E-state index is 13.7. The van der Waals surface area contributed by atoms with Gasteiger partial charge in [0.15, 0.2) is 0 Å². The predicted octanol–water partition coefficient (Wildman–Crippen LogP) is 3.97. The summed E-state index contributed by atoms with van der Waals surface area (Å²) >= 11 is 0. The second-order valence-corrected chi connectivity index (χ2v) is 10.2. The van der Waals surface area contributed by atoms with Gasteiger partial charge in [-0.3, -0.25) is 4.79 Å². The molecule has 0 aliphatic rings. The fourth-order valence-electron chi connectivity index (χ4n) is 3.76. The van der Waals surface area contributed by atoms with Gasteiger partial charge in [0.2, 0.25) is 10.0 Å². The number of rotatable bonds is 8. The smallest absolute Gasteiger partial charge is 0.255 e. The molecule has 0 aliphatic carbocycles. The van der Waals surface area contributed by atoms with Gasteiger partial charge in [-0.1, -0.05) is 47.5 Å². The Labute approximate surface area is 200 Å². The number of nitrogens with zero attached hydrogens (tertiary/aromatic N) is 2. The van der Waals surface area contributed by atoms with Gasteiger partial charge >= 0.3 is 0 Å². The highest BCUT2D eigenvalue weighted by molar-refractivity contribution is 7.89. The lowest BCUT2D eigenvalue weighted by molar-refractivity contribution is -0.121. The Balaban J connectivity index is 1.86. The van der Waals surface area contributed by atoms with E-state index in [1.807, 2.05) is 50.2 Å². The van der Waals surface area contributed by atoms with Crippen LogP contribution in [0.2, 0.25) is 0 Å². The molecule has 0 unspecified atom stereocenters. The molecule has 34 heavy (non-hydrogen) atoms. The van der Waals surface area contributed by atoms with E-state index in [1.165, 1.54) is 22.7 Å². The Morgan fingerprint density at radius 1 is 0.941 bits per heavy atom. The number of aromatic hydroxyl groups is 1. The summed E-state index contributed by atoms with van der Waals surface area (Å²) in [4.78, 5) is 12.9. The summed E-state index contributed by atoms with van der Waals surface area (Å²) in [5, 5.41) is 13.3. The van der Waals surface area contributed by atoms with Crippen LogP contribution in [0.4, 0.5) is 0 Å². The highest BCUT2D eigenvalue weighted by Crippen LogP contribution is 2.26. The van der Waals surface area contributed by atoms with Gasteiger partial charge in [0.25, 0.3) is 5.91 Å². The standard InChI is InChI=1S/C26H29N3O4S/c1-18-5-7-23(8-6-18)16-29(34(32,33)26-20(3)13-19(2)14-21(26)4)17-25(31)28-27-15-22-9-11-24(30)12-10-22/h5-15,30H,16-17H2,1-4H3,(H,28,31)/b27-15+. The highest BCUT2D eigenvalue weighted by Gasteiger charge is 2.30. The molecule has 0 fully saturated rings. The summed E-state index contributed by atoms with van der Waals surface area (Å²) < 4.78 is 28.6. The normalized spacial score (nSPS) is 11.8. The van der Waals surface area contributed by atoms with Gasteiger partial charge in [-0.25, -0.2) is 13.8 Å². The van der Waals surface area contributed by atoms with Crippen molar-refractivity contribution in [1.29, 1.82) is 0 Å². The highest BCUT2D eigenvalue weighted by atomic mass is 32.2. The van der Waals surface area contributed by atoms with E-state index >= 15 is 0 Å². The van der Waals surface area contributed by atoms with Crippen molar-refractivity contribution in [2.45, 2.75) is 39.1 Å². The van der Waals surface area contributed by atoms with Crippen LogP contribution in [-0.4, -0.2) is 36.5 Å². The molecule has 0 heterocycles. The van der Waals surface area contributed by atoms with Crippen LogP contribution in [0.1, 0.15) is 33.4 Å². The first-order valence-electron chi connectivity index (χ1n) is 10.8. The second kappa shape index (κ2) is 10.6. The number of sulfonamides is 1. The summed E-state index contributed by atoms with van der Waals surface area (Å²) in [6.07, 6.45) is 1.42. The van der Waals surface area contributed by atoms with Gasteiger partial charge < -0.3 is 5.11 Å². The lowest BCUT2D eigenvalue weighted by atomic mass is 10.1. The summed E-state index contributed by atoms with van der Waals surface area (Å²) in [5.74, 6) is -0.437. The minimum Gasteiger partial charge on any atom is -0.508 e. The van der Waals surface area contributed by atoms with Crippen LogP contribution >= 0.6 is 0 Å². The van der Waals surface area contributed by atoms with Gasteiger partial charge in [-0.2, -0.15) is 9.41 Å².